The van der Waals surface area contributed by atoms with Crippen molar-refractivity contribution in [1.82, 2.24) is 10.3 Å². The van der Waals surface area contributed by atoms with E-state index in [-0.39, 0.29) is 6.54 Å². The zero-order valence-corrected chi connectivity index (χ0v) is 18.1. The van der Waals surface area contributed by atoms with E-state index in [9.17, 15) is 4.79 Å². The standard InChI is InChI=1S/C20H31BN2O5/c1-18(2,3)26-17(24)23-13-15(11-14-12-22-10-9-16(14)25-8)21-27-19(4,5)20(6,7)28-21/h9-12H,13H2,1-8H3,(H,23,24). The first-order valence-corrected chi connectivity index (χ1v) is 9.35. The predicted octanol–water partition coefficient (Wildman–Crippen LogP) is 3.63. The van der Waals surface area contributed by atoms with Crippen molar-refractivity contribution >= 4 is 19.3 Å². The Bertz CT molecular complexity index is 724. The third kappa shape index (κ3) is 5.48. The number of aromatic nitrogens is 1. The molecule has 0 aromatic carbocycles. The topological polar surface area (TPSA) is 78.9 Å². The van der Waals surface area contributed by atoms with Crippen molar-refractivity contribution in [2.75, 3.05) is 13.7 Å². The molecule has 7 nitrogen and oxygen atoms in total. The second-order valence-electron chi connectivity index (χ2n) is 8.78. The smallest absolute Gasteiger partial charge is 0.492 e. The summed E-state index contributed by atoms with van der Waals surface area (Å²) in [6, 6.07) is 1.77. The number of hydrogen-bond acceptors (Lipinski definition) is 6. The van der Waals surface area contributed by atoms with E-state index in [1.807, 2.05) is 54.5 Å². The number of amides is 1. The van der Waals surface area contributed by atoms with Crippen molar-refractivity contribution in [3.05, 3.63) is 29.5 Å². The normalized spacial score (nSPS) is 18.7. The molecule has 0 unspecified atom stereocenters. The van der Waals surface area contributed by atoms with Gasteiger partial charge in [0, 0.05) is 24.5 Å². The van der Waals surface area contributed by atoms with E-state index in [1.165, 1.54) is 0 Å². The fraction of sp³-hybridized carbons (Fsp3) is 0.600. The van der Waals surface area contributed by atoms with Crippen molar-refractivity contribution in [3.63, 3.8) is 0 Å². The Balaban J connectivity index is 2.29. The number of alkyl carbamates (subject to hydrolysis) is 1. The van der Waals surface area contributed by atoms with E-state index in [4.69, 9.17) is 18.8 Å². The lowest BCUT2D eigenvalue weighted by Gasteiger charge is -2.32. The second-order valence-corrected chi connectivity index (χ2v) is 8.78. The average Bonchev–Trinajstić information content (AvgIpc) is 2.78. The van der Waals surface area contributed by atoms with Gasteiger partial charge in [0.25, 0.3) is 0 Å². The highest BCUT2D eigenvalue weighted by atomic mass is 16.7. The maximum Gasteiger partial charge on any atom is 0.492 e. The summed E-state index contributed by atoms with van der Waals surface area (Å²) in [5, 5.41) is 2.78. The van der Waals surface area contributed by atoms with E-state index >= 15 is 0 Å². The summed E-state index contributed by atoms with van der Waals surface area (Å²) in [5.74, 6) is 0.668. The highest BCUT2D eigenvalue weighted by Crippen LogP contribution is 2.39. The zero-order valence-electron chi connectivity index (χ0n) is 18.1. The van der Waals surface area contributed by atoms with Gasteiger partial charge in [-0.15, -0.1) is 0 Å². The summed E-state index contributed by atoms with van der Waals surface area (Å²) in [7, 11) is 0.977. The van der Waals surface area contributed by atoms with Gasteiger partial charge in [-0.25, -0.2) is 4.79 Å². The molecule has 0 radical (unpaired) electrons. The van der Waals surface area contributed by atoms with Gasteiger partial charge in [-0.1, -0.05) is 6.08 Å². The third-order valence-corrected chi connectivity index (χ3v) is 4.76. The van der Waals surface area contributed by atoms with Crippen LogP contribution >= 0.6 is 0 Å². The SMILES string of the molecule is COc1ccncc1C=C(CNC(=O)OC(C)(C)C)B1OC(C)(C)C(C)(C)O1. The third-order valence-electron chi connectivity index (χ3n) is 4.76. The molecule has 2 heterocycles. The molecular weight excluding hydrogens is 359 g/mol. The van der Waals surface area contributed by atoms with Gasteiger partial charge in [0.15, 0.2) is 0 Å². The van der Waals surface area contributed by atoms with Crippen LogP contribution in [0.25, 0.3) is 6.08 Å². The summed E-state index contributed by atoms with van der Waals surface area (Å²) >= 11 is 0. The molecule has 154 valence electrons. The molecule has 1 amide bonds. The Labute approximate surface area is 167 Å². The molecule has 1 saturated heterocycles. The molecule has 0 aliphatic carbocycles. The number of carbonyl (C=O) groups is 1. The number of hydrogen-bond donors (Lipinski definition) is 1. The highest BCUT2D eigenvalue weighted by molar-refractivity contribution is 6.56. The lowest BCUT2D eigenvalue weighted by atomic mass is 9.77. The molecule has 0 saturated carbocycles. The molecule has 1 aromatic rings. The molecule has 8 heteroatoms. The minimum Gasteiger partial charge on any atom is -0.496 e. The van der Waals surface area contributed by atoms with Crippen LogP contribution in [-0.4, -0.2) is 48.7 Å². The largest absolute Gasteiger partial charge is 0.496 e. The maximum atomic E-state index is 12.1. The van der Waals surface area contributed by atoms with Crippen LogP contribution in [0.15, 0.2) is 23.9 Å². The molecule has 1 aliphatic rings. The monoisotopic (exact) mass is 390 g/mol. The van der Waals surface area contributed by atoms with Crippen molar-refractivity contribution < 1.29 is 23.6 Å². The van der Waals surface area contributed by atoms with Gasteiger partial charge in [-0.05, 0) is 60.0 Å². The van der Waals surface area contributed by atoms with Gasteiger partial charge in [-0.2, -0.15) is 0 Å². The summed E-state index contributed by atoms with van der Waals surface area (Å²) in [5.41, 5.74) is -0.0784. The van der Waals surface area contributed by atoms with Crippen molar-refractivity contribution in [1.29, 1.82) is 0 Å². The number of carbonyl (C=O) groups excluding carboxylic acids is 1. The fourth-order valence-corrected chi connectivity index (χ4v) is 2.57. The molecule has 2 rings (SSSR count). The first kappa shape index (κ1) is 22.2. The predicted molar refractivity (Wildman–Crippen MR) is 109 cm³/mol. The molecule has 1 aliphatic heterocycles. The van der Waals surface area contributed by atoms with Crippen LogP contribution in [0.3, 0.4) is 0 Å². The summed E-state index contributed by atoms with van der Waals surface area (Å²) in [4.78, 5) is 16.3. The minimum atomic E-state index is -0.621. The first-order valence-electron chi connectivity index (χ1n) is 9.35. The van der Waals surface area contributed by atoms with Crippen LogP contribution in [0.1, 0.15) is 54.0 Å². The van der Waals surface area contributed by atoms with Gasteiger partial charge >= 0.3 is 13.2 Å². The molecule has 28 heavy (non-hydrogen) atoms. The molecule has 1 fully saturated rings. The lowest BCUT2D eigenvalue weighted by molar-refractivity contribution is 0.00578. The Morgan fingerprint density at radius 1 is 1.25 bits per heavy atom. The fourth-order valence-electron chi connectivity index (χ4n) is 2.57. The van der Waals surface area contributed by atoms with E-state index in [0.717, 1.165) is 11.0 Å². The van der Waals surface area contributed by atoms with Crippen LogP contribution in [0.5, 0.6) is 5.75 Å². The van der Waals surface area contributed by atoms with Gasteiger partial charge < -0.3 is 24.1 Å². The van der Waals surface area contributed by atoms with Crippen LogP contribution < -0.4 is 10.1 Å². The van der Waals surface area contributed by atoms with Gasteiger partial charge in [0.05, 0.1) is 18.3 Å². The number of rotatable bonds is 5. The Kier molecular flexibility index (Phi) is 6.46. The van der Waals surface area contributed by atoms with Gasteiger partial charge in [0.1, 0.15) is 11.4 Å². The first-order chi connectivity index (χ1) is 12.8. The van der Waals surface area contributed by atoms with Crippen LogP contribution in [-0.2, 0) is 14.0 Å². The summed E-state index contributed by atoms with van der Waals surface area (Å²) < 4.78 is 23.1. The number of nitrogens with zero attached hydrogens (tertiary/aromatic N) is 1. The van der Waals surface area contributed by atoms with Gasteiger partial charge in [0.2, 0.25) is 0 Å². The van der Waals surface area contributed by atoms with Gasteiger partial charge in [-0.3, -0.25) is 4.98 Å². The van der Waals surface area contributed by atoms with Crippen LogP contribution in [0.4, 0.5) is 4.79 Å². The molecule has 0 bridgehead atoms. The molecule has 0 spiro atoms. The number of nitrogens with one attached hydrogen (secondary N) is 1. The van der Waals surface area contributed by atoms with Crippen LogP contribution in [0.2, 0.25) is 0 Å². The quantitative estimate of drug-likeness (QED) is 0.774. The van der Waals surface area contributed by atoms with E-state index in [2.05, 4.69) is 10.3 Å². The zero-order chi connectivity index (χ0) is 21.2. The Morgan fingerprint density at radius 3 is 2.39 bits per heavy atom. The lowest BCUT2D eigenvalue weighted by Crippen LogP contribution is -2.41. The van der Waals surface area contributed by atoms with Crippen molar-refractivity contribution in [2.45, 2.75) is 65.3 Å². The summed E-state index contributed by atoms with van der Waals surface area (Å²) in [6.07, 6.45) is 4.71. The molecule has 0 atom stereocenters. The summed E-state index contributed by atoms with van der Waals surface area (Å²) in [6.45, 7) is 13.6. The van der Waals surface area contributed by atoms with E-state index < -0.39 is 30.0 Å². The molecular formula is C20H31BN2O5. The Hall–Kier alpha value is -2.06. The molecule has 1 aromatic heterocycles. The average molecular weight is 390 g/mol. The number of methoxy groups -OCH3 is 1. The van der Waals surface area contributed by atoms with E-state index in [0.29, 0.717) is 5.75 Å². The maximum absolute atomic E-state index is 12.1. The number of pyridine rings is 1. The van der Waals surface area contributed by atoms with Crippen molar-refractivity contribution in [3.8, 4) is 5.75 Å². The second kappa shape index (κ2) is 8.13. The van der Waals surface area contributed by atoms with E-state index in [1.54, 1.807) is 25.6 Å². The highest BCUT2D eigenvalue weighted by Gasteiger charge is 2.52. The van der Waals surface area contributed by atoms with Crippen molar-refractivity contribution in [2.24, 2.45) is 0 Å². The number of ether oxygens (including phenoxy) is 2. The van der Waals surface area contributed by atoms with Crippen LogP contribution in [0, 0.1) is 0 Å². The molecule has 1 N–H and O–H groups in total. The minimum absolute atomic E-state index is 0.198. The Morgan fingerprint density at radius 2 is 1.86 bits per heavy atom.